The average Bonchev–Trinajstić information content (AvgIpc) is 2.49. The zero-order chi connectivity index (χ0) is 12.2. The molecule has 1 rings (SSSR count). The SMILES string of the molecule is CCOC(=O)CS(=O)(=O)NC1CCC(C)C1. The minimum absolute atomic E-state index is 0.0190. The van der Waals surface area contributed by atoms with Crippen LogP contribution in [0.1, 0.15) is 33.1 Å². The topological polar surface area (TPSA) is 72.5 Å². The van der Waals surface area contributed by atoms with Crippen molar-refractivity contribution in [3.05, 3.63) is 0 Å². The summed E-state index contributed by atoms with van der Waals surface area (Å²) in [6, 6.07) is -0.0190. The van der Waals surface area contributed by atoms with E-state index in [2.05, 4.69) is 16.4 Å². The van der Waals surface area contributed by atoms with Crippen LogP contribution in [0.2, 0.25) is 0 Å². The quantitative estimate of drug-likeness (QED) is 0.726. The van der Waals surface area contributed by atoms with Crippen LogP contribution in [0.5, 0.6) is 0 Å². The van der Waals surface area contributed by atoms with E-state index < -0.39 is 21.7 Å². The van der Waals surface area contributed by atoms with E-state index in [0.717, 1.165) is 19.3 Å². The van der Waals surface area contributed by atoms with Crippen LogP contribution in [-0.4, -0.2) is 32.8 Å². The molecule has 0 aliphatic heterocycles. The van der Waals surface area contributed by atoms with E-state index in [9.17, 15) is 13.2 Å². The molecular formula is C10H19NO4S. The smallest absolute Gasteiger partial charge is 0.322 e. The Bertz CT molecular complexity index is 339. The lowest BCUT2D eigenvalue weighted by atomic mass is 10.1. The summed E-state index contributed by atoms with van der Waals surface area (Å²) in [5.74, 6) is -0.720. The molecule has 0 spiro atoms. The Balaban J connectivity index is 2.42. The summed E-state index contributed by atoms with van der Waals surface area (Å²) in [5.41, 5.74) is 0. The van der Waals surface area contributed by atoms with Crippen molar-refractivity contribution in [1.29, 1.82) is 0 Å². The molecule has 2 atom stereocenters. The molecule has 6 heteroatoms. The third-order valence-corrected chi connectivity index (χ3v) is 3.96. The van der Waals surface area contributed by atoms with Gasteiger partial charge in [0.15, 0.2) is 5.75 Å². The highest BCUT2D eigenvalue weighted by atomic mass is 32.2. The van der Waals surface area contributed by atoms with Crippen LogP contribution in [0.3, 0.4) is 0 Å². The maximum Gasteiger partial charge on any atom is 0.322 e. The molecular weight excluding hydrogens is 230 g/mol. The van der Waals surface area contributed by atoms with Crippen molar-refractivity contribution < 1.29 is 17.9 Å². The highest BCUT2D eigenvalue weighted by molar-refractivity contribution is 7.90. The predicted octanol–water partition coefficient (Wildman–Crippen LogP) is 0.657. The van der Waals surface area contributed by atoms with Crippen LogP contribution in [-0.2, 0) is 19.6 Å². The molecule has 94 valence electrons. The fourth-order valence-corrected chi connectivity index (χ4v) is 3.17. The Labute approximate surface area is 96.6 Å². The zero-order valence-electron chi connectivity index (χ0n) is 9.73. The molecule has 0 aromatic heterocycles. The molecule has 1 aliphatic rings. The fraction of sp³-hybridized carbons (Fsp3) is 0.900. The summed E-state index contributed by atoms with van der Waals surface area (Å²) in [4.78, 5) is 11.1. The minimum Gasteiger partial charge on any atom is -0.465 e. The first-order valence-corrected chi connectivity index (χ1v) is 7.24. The van der Waals surface area contributed by atoms with E-state index >= 15 is 0 Å². The van der Waals surface area contributed by atoms with Crippen LogP contribution in [0, 0.1) is 5.92 Å². The van der Waals surface area contributed by atoms with E-state index in [0.29, 0.717) is 5.92 Å². The molecule has 0 radical (unpaired) electrons. The summed E-state index contributed by atoms with van der Waals surface area (Å²) in [6.07, 6.45) is 2.73. The molecule has 1 N–H and O–H groups in total. The number of carbonyl (C=O) groups is 1. The number of nitrogens with one attached hydrogen (secondary N) is 1. The van der Waals surface area contributed by atoms with Crippen molar-refractivity contribution in [2.75, 3.05) is 12.4 Å². The lowest BCUT2D eigenvalue weighted by molar-refractivity contribution is -0.139. The van der Waals surface area contributed by atoms with Gasteiger partial charge in [0, 0.05) is 6.04 Å². The van der Waals surface area contributed by atoms with Crippen molar-refractivity contribution in [2.45, 2.75) is 39.2 Å². The first-order valence-electron chi connectivity index (χ1n) is 5.58. The first kappa shape index (κ1) is 13.4. The van der Waals surface area contributed by atoms with E-state index in [4.69, 9.17) is 0 Å². The highest BCUT2D eigenvalue weighted by Gasteiger charge is 2.27. The van der Waals surface area contributed by atoms with Gasteiger partial charge in [0.05, 0.1) is 6.61 Å². The first-order chi connectivity index (χ1) is 7.43. The van der Waals surface area contributed by atoms with Crippen molar-refractivity contribution in [3.63, 3.8) is 0 Å². The third kappa shape index (κ3) is 4.49. The Hall–Kier alpha value is -0.620. The monoisotopic (exact) mass is 249 g/mol. The molecule has 1 fully saturated rings. The van der Waals surface area contributed by atoms with Crippen LogP contribution in [0.15, 0.2) is 0 Å². The maximum atomic E-state index is 11.6. The maximum absolute atomic E-state index is 11.6. The molecule has 16 heavy (non-hydrogen) atoms. The second-order valence-corrected chi connectivity index (χ2v) is 6.05. The molecule has 0 amide bonds. The van der Waals surface area contributed by atoms with Gasteiger partial charge in [0.25, 0.3) is 0 Å². The molecule has 0 aromatic carbocycles. The summed E-state index contributed by atoms with van der Waals surface area (Å²) < 4.78 is 30.3. The van der Waals surface area contributed by atoms with Gasteiger partial charge in [-0.2, -0.15) is 0 Å². The summed E-state index contributed by atoms with van der Waals surface area (Å²) in [7, 11) is -3.53. The molecule has 0 saturated heterocycles. The van der Waals surface area contributed by atoms with Crippen LogP contribution >= 0.6 is 0 Å². The van der Waals surface area contributed by atoms with Gasteiger partial charge in [-0.1, -0.05) is 6.92 Å². The summed E-state index contributed by atoms with van der Waals surface area (Å²) in [5, 5.41) is 0. The van der Waals surface area contributed by atoms with Gasteiger partial charge < -0.3 is 4.74 Å². The summed E-state index contributed by atoms with van der Waals surface area (Å²) >= 11 is 0. The molecule has 0 heterocycles. The van der Waals surface area contributed by atoms with Crippen molar-refractivity contribution in [1.82, 2.24) is 4.72 Å². The van der Waals surface area contributed by atoms with Crippen LogP contribution < -0.4 is 4.72 Å². The van der Waals surface area contributed by atoms with Gasteiger partial charge >= 0.3 is 5.97 Å². The second kappa shape index (κ2) is 5.63. The number of ether oxygens (including phenoxy) is 1. The largest absolute Gasteiger partial charge is 0.465 e. The van der Waals surface area contributed by atoms with Crippen molar-refractivity contribution in [3.8, 4) is 0 Å². The zero-order valence-corrected chi connectivity index (χ0v) is 10.5. The highest BCUT2D eigenvalue weighted by Crippen LogP contribution is 2.24. The molecule has 1 saturated carbocycles. The number of hydrogen-bond donors (Lipinski definition) is 1. The molecule has 5 nitrogen and oxygen atoms in total. The standard InChI is InChI=1S/C10H19NO4S/c1-3-15-10(12)7-16(13,14)11-9-5-4-8(2)6-9/h8-9,11H,3-7H2,1-2H3. The Morgan fingerprint density at radius 3 is 2.62 bits per heavy atom. The van der Waals surface area contributed by atoms with Crippen LogP contribution in [0.25, 0.3) is 0 Å². The fourth-order valence-electron chi connectivity index (χ4n) is 1.97. The average molecular weight is 249 g/mol. The lowest BCUT2D eigenvalue weighted by Crippen LogP contribution is -2.37. The van der Waals surface area contributed by atoms with E-state index in [1.54, 1.807) is 6.92 Å². The second-order valence-electron chi connectivity index (χ2n) is 4.30. The molecule has 0 aromatic rings. The van der Waals surface area contributed by atoms with E-state index in [-0.39, 0.29) is 12.6 Å². The third-order valence-electron chi connectivity index (χ3n) is 2.65. The lowest BCUT2D eigenvalue weighted by Gasteiger charge is -2.12. The van der Waals surface area contributed by atoms with Crippen molar-refractivity contribution in [2.24, 2.45) is 5.92 Å². The molecule has 1 aliphatic carbocycles. The molecule has 2 unspecified atom stereocenters. The minimum atomic E-state index is -3.53. The number of esters is 1. The van der Waals surface area contributed by atoms with E-state index in [1.165, 1.54) is 0 Å². The number of sulfonamides is 1. The van der Waals surface area contributed by atoms with Gasteiger partial charge in [-0.3, -0.25) is 4.79 Å². The van der Waals surface area contributed by atoms with Gasteiger partial charge in [-0.15, -0.1) is 0 Å². The Kier molecular flexibility index (Phi) is 4.73. The number of carbonyl (C=O) groups excluding carboxylic acids is 1. The number of rotatable bonds is 5. The predicted molar refractivity (Wildman–Crippen MR) is 60.4 cm³/mol. The Morgan fingerprint density at radius 2 is 2.12 bits per heavy atom. The van der Waals surface area contributed by atoms with Crippen LogP contribution in [0.4, 0.5) is 0 Å². The summed E-state index contributed by atoms with van der Waals surface area (Å²) in [6.45, 7) is 3.95. The van der Waals surface area contributed by atoms with Gasteiger partial charge in [0.2, 0.25) is 10.0 Å². The molecule has 0 bridgehead atoms. The normalized spacial score (nSPS) is 25.6. The van der Waals surface area contributed by atoms with E-state index in [1.807, 2.05) is 0 Å². The van der Waals surface area contributed by atoms with Gasteiger partial charge in [0.1, 0.15) is 0 Å². The van der Waals surface area contributed by atoms with Gasteiger partial charge in [-0.05, 0) is 32.1 Å². The van der Waals surface area contributed by atoms with Crippen molar-refractivity contribution >= 4 is 16.0 Å². The number of hydrogen-bond acceptors (Lipinski definition) is 4. The Morgan fingerprint density at radius 1 is 1.44 bits per heavy atom. The van der Waals surface area contributed by atoms with Gasteiger partial charge in [-0.25, -0.2) is 13.1 Å².